The van der Waals surface area contributed by atoms with Crippen LogP contribution in [0.5, 0.6) is 0 Å². The van der Waals surface area contributed by atoms with Crippen LogP contribution in [-0.4, -0.2) is 19.7 Å². The maximum absolute atomic E-state index is 11.9. The van der Waals surface area contributed by atoms with E-state index < -0.39 is 8.32 Å². The topological polar surface area (TPSA) is 26.3 Å². The lowest BCUT2D eigenvalue weighted by Crippen LogP contribution is -2.56. The molecule has 26 heavy (non-hydrogen) atoms. The summed E-state index contributed by atoms with van der Waals surface area (Å²) < 4.78 is 6.76. The van der Waals surface area contributed by atoms with E-state index in [9.17, 15) is 4.79 Å². The van der Waals surface area contributed by atoms with Gasteiger partial charge in [0.25, 0.3) is 0 Å². The molecule has 3 fully saturated rings. The van der Waals surface area contributed by atoms with Crippen molar-refractivity contribution in [2.24, 2.45) is 29.1 Å². The summed E-state index contributed by atoms with van der Waals surface area (Å²) in [7, 11) is -1.71. The number of carbonyl (C=O) groups is 1. The first kappa shape index (κ1) is 18.5. The average molecular weight is 371 g/mol. The molecular weight excluding hydrogens is 336 g/mol. The van der Waals surface area contributed by atoms with Crippen molar-refractivity contribution in [3.8, 4) is 12.3 Å². The second-order valence-electron chi connectivity index (χ2n) is 10.5. The quantitative estimate of drug-likeness (QED) is 0.484. The number of hydrogen-bond acceptors (Lipinski definition) is 2. The van der Waals surface area contributed by atoms with E-state index in [0.29, 0.717) is 17.6 Å². The third-order valence-electron chi connectivity index (χ3n) is 8.13. The van der Waals surface area contributed by atoms with Gasteiger partial charge in [0.2, 0.25) is 0 Å². The molecule has 0 radical (unpaired) electrons. The fourth-order valence-corrected chi connectivity index (χ4v) is 8.58. The second-order valence-corrected chi connectivity index (χ2v) is 14.9. The Bertz CT molecular complexity index is 681. The molecule has 4 aliphatic rings. The third-order valence-corrected chi connectivity index (χ3v) is 9.09. The molecule has 2 nitrogen and oxygen atoms in total. The fraction of sp³-hybridized carbons (Fsp3) is 0.783. The molecule has 0 N–H and O–H groups in total. The zero-order valence-electron chi connectivity index (χ0n) is 16.9. The summed E-state index contributed by atoms with van der Waals surface area (Å²) in [6.07, 6.45) is 17.1. The molecule has 142 valence electrons. The van der Waals surface area contributed by atoms with Crippen LogP contribution in [0.1, 0.15) is 58.3 Å². The van der Waals surface area contributed by atoms with Crippen LogP contribution in [0.3, 0.4) is 0 Å². The Morgan fingerprint density at radius 2 is 1.88 bits per heavy atom. The molecule has 0 amide bonds. The van der Waals surface area contributed by atoms with Crippen molar-refractivity contribution >= 4 is 14.1 Å². The summed E-state index contributed by atoms with van der Waals surface area (Å²) >= 11 is 0. The highest BCUT2D eigenvalue weighted by molar-refractivity contribution is 6.69. The molecule has 3 heteroatoms. The minimum atomic E-state index is -1.71. The third kappa shape index (κ3) is 2.68. The first-order valence-corrected chi connectivity index (χ1v) is 14.0. The van der Waals surface area contributed by atoms with Crippen LogP contribution >= 0.6 is 0 Å². The van der Waals surface area contributed by atoms with Gasteiger partial charge in [0.15, 0.2) is 14.1 Å². The van der Waals surface area contributed by atoms with Crippen molar-refractivity contribution in [1.82, 2.24) is 0 Å². The molecule has 6 atom stereocenters. The normalized spacial score (nSPS) is 45.2. The van der Waals surface area contributed by atoms with E-state index in [1.165, 1.54) is 31.3 Å². The van der Waals surface area contributed by atoms with E-state index in [0.717, 1.165) is 37.5 Å². The van der Waals surface area contributed by atoms with Crippen molar-refractivity contribution in [3.63, 3.8) is 0 Å². The van der Waals surface area contributed by atoms with E-state index in [-0.39, 0.29) is 11.0 Å². The maximum atomic E-state index is 11.9. The Hall–Kier alpha value is -0.853. The Kier molecular flexibility index (Phi) is 4.32. The molecule has 0 aromatic rings. The zero-order chi connectivity index (χ0) is 18.7. The number of terminal acetylenes is 1. The van der Waals surface area contributed by atoms with Gasteiger partial charge in [0.1, 0.15) is 5.60 Å². The van der Waals surface area contributed by atoms with Crippen LogP contribution in [0, 0.1) is 41.4 Å². The number of ketones is 1. The monoisotopic (exact) mass is 370 g/mol. The Morgan fingerprint density at radius 1 is 1.12 bits per heavy atom. The summed E-state index contributed by atoms with van der Waals surface area (Å²) in [6.45, 7) is 9.25. The van der Waals surface area contributed by atoms with E-state index in [4.69, 9.17) is 10.8 Å². The van der Waals surface area contributed by atoms with Crippen molar-refractivity contribution in [2.75, 3.05) is 0 Å². The largest absolute Gasteiger partial charge is 0.401 e. The molecule has 0 spiro atoms. The van der Waals surface area contributed by atoms with Gasteiger partial charge in [-0.1, -0.05) is 18.4 Å². The van der Waals surface area contributed by atoms with Crippen LogP contribution in [-0.2, 0) is 9.22 Å². The number of rotatable bonds is 2. The van der Waals surface area contributed by atoms with E-state index >= 15 is 0 Å². The van der Waals surface area contributed by atoms with Gasteiger partial charge in [-0.15, -0.1) is 6.42 Å². The van der Waals surface area contributed by atoms with Crippen LogP contribution < -0.4 is 0 Å². The summed E-state index contributed by atoms with van der Waals surface area (Å²) in [5.41, 5.74) is 1.23. The van der Waals surface area contributed by atoms with Crippen molar-refractivity contribution in [3.05, 3.63) is 11.6 Å². The van der Waals surface area contributed by atoms with Gasteiger partial charge < -0.3 is 4.43 Å². The van der Waals surface area contributed by atoms with Crippen LogP contribution in [0.25, 0.3) is 0 Å². The first-order chi connectivity index (χ1) is 12.2. The predicted octanol–water partition coefficient (Wildman–Crippen LogP) is 5.35. The van der Waals surface area contributed by atoms with Gasteiger partial charge in [-0.05, 0) is 94.3 Å². The molecule has 4 aliphatic carbocycles. The van der Waals surface area contributed by atoms with Crippen LogP contribution in [0.15, 0.2) is 11.6 Å². The standard InChI is InChI=1S/C23H34O2Si/c1-6-23(25-26(3,4)5)14-12-21-20-9-7-16-15-17(24)8-10-18(16)19(20)11-13-22(21,23)2/h1,15,18-21H,7-14H2,2-5H3/t18-,19+,20+,21-,22-,23?/m0/s1. The fourth-order valence-electron chi connectivity index (χ4n) is 7.14. The molecule has 0 bridgehead atoms. The van der Waals surface area contributed by atoms with Gasteiger partial charge in [0.05, 0.1) is 0 Å². The molecule has 0 saturated heterocycles. The van der Waals surface area contributed by atoms with Gasteiger partial charge in [-0.3, -0.25) is 4.79 Å². The Balaban J connectivity index is 1.64. The zero-order valence-corrected chi connectivity index (χ0v) is 17.9. The highest BCUT2D eigenvalue weighted by Crippen LogP contribution is 2.66. The van der Waals surface area contributed by atoms with Gasteiger partial charge in [-0.2, -0.15) is 0 Å². The minimum absolute atomic E-state index is 0.120. The van der Waals surface area contributed by atoms with E-state index in [2.05, 4.69) is 32.5 Å². The maximum Gasteiger partial charge on any atom is 0.185 e. The molecule has 1 unspecified atom stereocenters. The highest BCUT2D eigenvalue weighted by atomic mass is 28.4. The molecule has 4 rings (SSSR count). The van der Waals surface area contributed by atoms with E-state index in [1.54, 1.807) is 0 Å². The number of carbonyl (C=O) groups excluding carboxylic acids is 1. The molecule has 0 aromatic carbocycles. The number of hydrogen-bond donors (Lipinski definition) is 0. The lowest BCUT2D eigenvalue weighted by Gasteiger charge is -2.56. The molecular formula is C23H34O2Si. The summed E-state index contributed by atoms with van der Waals surface area (Å²) in [6, 6.07) is 0. The SMILES string of the molecule is C#CC1(O[Si](C)(C)C)CC[C@H]2[C@@H]3CCC4=CC(=O)CC[C@@H]4[C@H]3CC[C@@]21C. The van der Waals surface area contributed by atoms with Crippen LogP contribution in [0.4, 0.5) is 0 Å². The summed E-state index contributed by atoms with van der Waals surface area (Å²) in [5.74, 6) is 6.42. The Morgan fingerprint density at radius 3 is 2.58 bits per heavy atom. The van der Waals surface area contributed by atoms with Crippen molar-refractivity contribution in [2.45, 2.75) is 83.5 Å². The molecule has 0 heterocycles. The van der Waals surface area contributed by atoms with Gasteiger partial charge in [-0.25, -0.2) is 0 Å². The first-order valence-electron chi connectivity index (χ1n) is 10.6. The summed E-state index contributed by atoms with van der Waals surface area (Å²) in [5, 5.41) is 0. The second kappa shape index (κ2) is 6.08. The summed E-state index contributed by atoms with van der Waals surface area (Å²) in [4.78, 5) is 11.9. The number of allylic oxidation sites excluding steroid dienone is 1. The lowest BCUT2D eigenvalue weighted by atomic mass is 9.50. The van der Waals surface area contributed by atoms with Crippen molar-refractivity contribution < 1.29 is 9.22 Å². The minimum Gasteiger partial charge on any atom is -0.401 e. The molecule has 0 aliphatic heterocycles. The average Bonchev–Trinajstić information content (AvgIpc) is 2.86. The highest BCUT2D eigenvalue weighted by Gasteiger charge is 2.63. The van der Waals surface area contributed by atoms with E-state index in [1.807, 2.05) is 6.08 Å². The molecule has 3 saturated carbocycles. The lowest BCUT2D eigenvalue weighted by molar-refractivity contribution is -0.116. The molecule has 0 aromatic heterocycles. The number of fused-ring (bicyclic) bond motifs is 5. The smallest absolute Gasteiger partial charge is 0.185 e. The van der Waals surface area contributed by atoms with Gasteiger partial charge >= 0.3 is 0 Å². The van der Waals surface area contributed by atoms with Crippen LogP contribution in [0.2, 0.25) is 19.6 Å². The Labute approximate surface area is 160 Å². The predicted molar refractivity (Wildman–Crippen MR) is 108 cm³/mol. The van der Waals surface area contributed by atoms with Gasteiger partial charge in [0, 0.05) is 11.8 Å². The van der Waals surface area contributed by atoms with Crippen molar-refractivity contribution in [1.29, 1.82) is 0 Å².